The van der Waals surface area contributed by atoms with Crippen molar-refractivity contribution in [2.24, 2.45) is 5.73 Å². The summed E-state index contributed by atoms with van der Waals surface area (Å²) >= 11 is 0. The van der Waals surface area contributed by atoms with Crippen LogP contribution in [0.25, 0.3) is 0 Å². The standard InChI is InChI=1S/C4H11N5.Co/c1-9(2)4(7)8-3(5)6;/h1-2H3,(H5,5,6,7,8);. The molecule has 10 heavy (non-hydrogen) atoms. The first-order valence-corrected chi connectivity index (χ1v) is 2.41. The predicted octanol–water partition coefficient (Wildman–Crippen LogP) is -1.04. The molecular formula is C4H11CoN5. The second kappa shape index (κ2) is 5.06. The minimum absolute atomic E-state index is 0. The quantitative estimate of drug-likeness (QED) is 0.289. The Morgan fingerprint density at radius 3 is 1.90 bits per heavy atom. The first-order chi connectivity index (χ1) is 4.04. The van der Waals surface area contributed by atoms with Crippen molar-refractivity contribution in [3.05, 3.63) is 0 Å². The van der Waals surface area contributed by atoms with E-state index in [2.05, 4.69) is 5.32 Å². The van der Waals surface area contributed by atoms with Crippen molar-refractivity contribution in [1.29, 1.82) is 10.8 Å². The van der Waals surface area contributed by atoms with E-state index in [1.807, 2.05) is 0 Å². The molecule has 5 nitrogen and oxygen atoms in total. The van der Waals surface area contributed by atoms with Gasteiger partial charge in [-0.3, -0.25) is 16.1 Å². The van der Waals surface area contributed by atoms with Crippen molar-refractivity contribution in [2.75, 3.05) is 14.1 Å². The van der Waals surface area contributed by atoms with Crippen LogP contribution in [0.5, 0.6) is 0 Å². The third kappa shape index (κ3) is 5.38. The number of nitrogens with zero attached hydrogens (tertiary/aromatic N) is 1. The molecular weight excluding hydrogens is 177 g/mol. The Balaban J connectivity index is 0. The van der Waals surface area contributed by atoms with Crippen LogP contribution in [0.3, 0.4) is 0 Å². The van der Waals surface area contributed by atoms with Crippen LogP contribution in [0.1, 0.15) is 0 Å². The summed E-state index contributed by atoms with van der Waals surface area (Å²) in [6.07, 6.45) is 0. The smallest absolute Gasteiger partial charge is 0.197 e. The second-order valence-electron chi connectivity index (χ2n) is 1.78. The van der Waals surface area contributed by atoms with E-state index in [0.717, 1.165) is 0 Å². The van der Waals surface area contributed by atoms with Crippen LogP contribution < -0.4 is 11.1 Å². The van der Waals surface area contributed by atoms with Crippen LogP contribution in [0.4, 0.5) is 0 Å². The molecule has 0 fully saturated rings. The van der Waals surface area contributed by atoms with Gasteiger partial charge in [0.05, 0.1) is 0 Å². The Bertz CT molecular complexity index is 132. The third-order valence-corrected chi connectivity index (χ3v) is 0.700. The zero-order valence-corrected chi connectivity index (χ0v) is 6.90. The average Bonchev–Trinajstić information content (AvgIpc) is 1.63. The second-order valence-corrected chi connectivity index (χ2v) is 1.78. The van der Waals surface area contributed by atoms with Crippen LogP contribution >= 0.6 is 0 Å². The van der Waals surface area contributed by atoms with E-state index in [1.165, 1.54) is 4.90 Å². The van der Waals surface area contributed by atoms with Gasteiger partial charge in [0.1, 0.15) is 0 Å². The molecule has 0 saturated heterocycles. The van der Waals surface area contributed by atoms with Crippen molar-refractivity contribution in [3.63, 3.8) is 0 Å². The molecule has 6 heteroatoms. The summed E-state index contributed by atoms with van der Waals surface area (Å²) in [6, 6.07) is 0. The Hall–Kier alpha value is -0.754. The van der Waals surface area contributed by atoms with E-state index in [1.54, 1.807) is 14.1 Å². The number of hydrogen-bond acceptors (Lipinski definition) is 2. The third-order valence-electron chi connectivity index (χ3n) is 0.700. The van der Waals surface area contributed by atoms with E-state index < -0.39 is 0 Å². The molecule has 0 spiro atoms. The van der Waals surface area contributed by atoms with Gasteiger partial charge in [-0.2, -0.15) is 0 Å². The summed E-state index contributed by atoms with van der Waals surface area (Å²) in [6.45, 7) is 0. The minimum Gasteiger partial charge on any atom is -0.370 e. The zero-order valence-electron chi connectivity index (χ0n) is 5.86. The molecule has 0 atom stereocenters. The summed E-state index contributed by atoms with van der Waals surface area (Å²) < 4.78 is 0. The molecule has 0 unspecified atom stereocenters. The van der Waals surface area contributed by atoms with Gasteiger partial charge in [0.15, 0.2) is 11.9 Å². The summed E-state index contributed by atoms with van der Waals surface area (Å²) in [5.74, 6) is -0.101. The topological polar surface area (TPSA) is 89.0 Å². The van der Waals surface area contributed by atoms with Crippen LogP contribution in [-0.4, -0.2) is 30.9 Å². The van der Waals surface area contributed by atoms with Gasteiger partial charge in [-0.25, -0.2) is 0 Å². The van der Waals surface area contributed by atoms with Gasteiger partial charge in [0.2, 0.25) is 0 Å². The van der Waals surface area contributed by atoms with Crippen LogP contribution in [-0.2, 0) is 16.8 Å². The van der Waals surface area contributed by atoms with E-state index in [0.29, 0.717) is 0 Å². The SMILES string of the molecule is CN(C)C(=N)NC(=N)N.[Co]. The van der Waals surface area contributed by atoms with Gasteiger partial charge in [0.25, 0.3) is 0 Å². The molecule has 0 aliphatic rings. The number of nitrogens with one attached hydrogen (secondary N) is 3. The predicted molar refractivity (Wildman–Crippen MR) is 36.5 cm³/mol. The number of nitrogens with two attached hydrogens (primary N) is 1. The maximum atomic E-state index is 7.07. The molecule has 0 bridgehead atoms. The number of rotatable bonds is 0. The van der Waals surface area contributed by atoms with E-state index in [-0.39, 0.29) is 28.7 Å². The Labute approximate surface area is 70.2 Å². The minimum atomic E-state index is -0.214. The van der Waals surface area contributed by atoms with Crippen molar-refractivity contribution >= 4 is 11.9 Å². The van der Waals surface area contributed by atoms with Crippen molar-refractivity contribution < 1.29 is 16.8 Å². The fourth-order valence-corrected chi connectivity index (χ4v) is 0.239. The molecule has 0 aromatic carbocycles. The molecule has 0 saturated carbocycles. The van der Waals surface area contributed by atoms with E-state index >= 15 is 0 Å². The monoisotopic (exact) mass is 188 g/mol. The molecule has 0 aliphatic heterocycles. The Morgan fingerprint density at radius 1 is 1.40 bits per heavy atom. The van der Waals surface area contributed by atoms with Crippen molar-refractivity contribution in [2.45, 2.75) is 0 Å². The van der Waals surface area contributed by atoms with Gasteiger partial charge >= 0.3 is 0 Å². The largest absolute Gasteiger partial charge is 0.370 e. The average molecular weight is 188 g/mol. The zero-order chi connectivity index (χ0) is 7.44. The molecule has 0 aromatic rings. The normalized spacial score (nSPS) is 7.40. The first kappa shape index (κ1) is 12.0. The molecule has 0 heterocycles. The summed E-state index contributed by atoms with van der Waals surface area (Å²) in [5, 5.41) is 16.1. The molecule has 0 aliphatic carbocycles. The van der Waals surface area contributed by atoms with Crippen LogP contribution in [0.2, 0.25) is 0 Å². The molecule has 0 rings (SSSR count). The first-order valence-electron chi connectivity index (χ1n) is 2.41. The van der Waals surface area contributed by atoms with E-state index in [4.69, 9.17) is 16.6 Å². The van der Waals surface area contributed by atoms with Gasteiger partial charge in [-0.15, -0.1) is 0 Å². The Kier molecular flexibility index (Phi) is 6.07. The molecule has 1 radical (unpaired) electrons. The van der Waals surface area contributed by atoms with Gasteiger partial charge in [-0.1, -0.05) is 0 Å². The fourth-order valence-electron chi connectivity index (χ4n) is 0.239. The summed E-state index contributed by atoms with van der Waals surface area (Å²) in [5.41, 5.74) is 4.94. The van der Waals surface area contributed by atoms with E-state index in [9.17, 15) is 0 Å². The van der Waals surface area contributed by atoms with Gasteiger partial charge in [-0.05, 0) is 0 Å². The number of guanidine groups is 2. The van der Waals surface area contributed by atoms with Crippen molar-refractivity contribution in [3.8, 4) is 0 Å². The Morgan fingerprint density at radius 2 is 1.80 bits per heavy atom. The fraction of sp³-hybridized carbons (Fsp3) is 0.500. The molecule has 0 aromatic heterocycles. The number of hydrogen-bond donors (Lipinski definition) is 4. The molecule has 5 N–H and O–H groups in total. The maximum Gasteiger partial charge on any atom is 0.197 e. The summed E-state index contributed by atoms with van der Waals surface area (Å²) in [7, 11) is 3.39. The van der Waals surface area contributed by atoms with Crippen molar-refractivity contribution in [1.82, 2.24) is 10.2 Å². The van der Waals surface area contributed by atoms with Gasteiger partial charge < -0.3 is 10.6 Å². The summed E-state index contributed by atoms with van der Waals surface area (Å²) in [4.78, 5) is 1.52. The van der Waals surface area contributed by atoms with Crippen LogP contribution in [0, 0.1) is 10.8 Å². The molecule has 61 valence electrons. The van der Waals surface area contributed by atoms with Crippen LogP contribution in [0.15, 0.2) is 0 Å². The maximum absolute atomic E-state index is 7.07. The van der Waals surface area contributed by atoms with Gasteiger partial charge in [0, 0.05) is 30.9 Å². The molecule has 0 amide bonds.